The second-order valence-corrected chi connectivity index (χ2v) is 7.89. The summed E-state index contributed by atoms with van der Waals surface area (Å²) in [6.07, 6.45) is 2.00. The van der Waals surface area contributed by atoms with Gasteiger partial charge in [-0.15, -0.1) is 0 Å². The second-order valence-electron chi connectivity index (χ2n) is 4.98. The van der Waals surface area contributed by atoms with Crippen LogP contribution in [0.5, 0.6) is 0 Å². The van der Waals surface area contributed by atoms with Crippen LogP contribution in [-0.4, -0.2) is 35.1 Å². The zero-order valence-electron chi connectivity index (χ0n) is 11.7. The molecule has 1 aromatic rings. The predicted molar refractivity (Wildman–Crippen MR) is 90.8 cm³/mol. The van der Waals surface area contributed by atoms with Gasteiger partial charge in [-0.2, -0.15) is 23.5 Å². The quantitative estimate of drug-likeness (QED) is 0.836. The second kappa shape index (κ2) is 8.52. The molecule has 1 saturated heterocycles. The van der Waals surface area contributed by atoms with E-state index in [1.807, 2.05) is 29.6 Å². The van der Waals surface area contributed by atoms with Crippen LogP contribution in [0.2, 0.25) is 5.02 Å². The number of rotatable bonds is 6. The smallest absolute Gasteiger partial charge is 0.124 e. The molecule has 0 radical (unpaired) electrons. The number of halogens is 2. The van der Waals surface area contributed by atoms with Crippen molar-refractivity contribution in [3.63, 3.8) is 0 Å². The highest BCUT2D eigenvalue weighted by atomic mass is 35.5. The van der Waals surface area contributed by atoms with E-state index in [4.69, 9.17) is 11.6 Å². The molecule has 1 nitrogen and oxygen atoms in total. The fourth-order valence-electron chi connectivity index (χ4n) is 2.33. The van der Waals surface area contributed by atoms with Gasteiger partial charge in [-0.25, -0.2) is 4.39 Å². The van der Waals surface area contributed by atoms with Crippen LogP contribution in [0.4, 0.5) is 4.39 Å². The monoisotopic (exact) mass is 333 g/mol. The first-order valence-corrected chi connectivity index (χ1v) is 9.65. The summed E-state index contributed by atoms with van der Waals surface area (Å²) in [5.74, 6) is 3.39. The Balaban J connectivity index is 2.05. The van der Waals surface area contributed by atoms with Crippen LogP contribution in [0.1, 0.15) is 18.9 Å². The third kappa shape index (κ3) is 4.83. The molecule has 2 atom stereocenters. The molecule has 1 fully saturated rings. The number of hydrogen-bond acceptors (Lipinski definition) is 3. The van der Waals surface area contributed by atoms with E-state index >= 15 is 0 Å². The Bertz CT molecular complexity index is 424. The first-order valence-electron chi connectivity index (χ1n) is 7.07. The fourth-order valence-corrected chi connectivity index (χ4v) is 5.46. The fraction of sp³-hybridized carbons (Fsp3) is 0.600. The first kappa shape index (κ1) is 16.5. The van der Waals surface area contributed by atoms with E-state index in [0.29, 0.717) is 16.3 Å². The molecule has 20 heavy (non-hydrogen) atoms. The molecule has 5 heteroatoms. The highest BCUT2D eigenvalue weighted by Crippen LogP contribution is 2.29. The predicted octanol–water partition coefficient (Wildman–Crippen LogP) is 4.24. The van der Waals surface area contributed by atoms with Crippen LogP contribution in [0.15, 0.2) is 18.2 Å². The maximum atomic E-state index is 13.1. The van der Waals surface area contributed by atoms with Gasteiger partial charge in [0, 0.05) is 33.6 Å². The third-order valence-electron chi connectivity index (χ3n) is 3.40. The Hall–Kier alpha value is 0.1000. The molecular weight excluding hydrogens is 313 g/mol. The lowest BCUT2D eigenvalue weighted by Gasteiger charge is -2.30. The molecule has 1 aliphatic heterocycles. The molecule has 0 saturated carbocycles. The highest BCUT2D eigenvalue weighted by molar-refractivity contribution is 8.06. The minimum Gasteiger partial charge on any atom is -0.313 e. The molecule has 0 amide bonds. The standard InChI is InChI=1S/C15H21ClFNS2/c1-2-5-18-14(15-10-19-6-7-20-15)8-11-3-4-12(17)9-13(11)16/h3-4,9,14-15,18H,2,5-8,10H2,1H3. The molecule has 1 aliphatic rings. The number of benzene rings is 1. The zero-order chi connectivity index (χ0) is 14.4. The Morgan fingerprint density at radius 1 is 1.45 bits per heavy atom. The van der Waals surface area contributed by atoms with Crippen LogP contribution in [-0.2, 0) is 6.42 Å². The maximum absolute atomic E-state index is 13.1. The molecule has 0 aromatic heterocycles. The molecule has 0 spiro atoms. The van der Waals surface area contributed by atoms with Gasteiger partial charge in [0.25, 0.3) is 0 Å². The molecule has 112 valence electrons. The third-order valence-corrected chi connectivity index (χ3v) is 6.67. The van der Waals surface area contributed by atoms with Crippen molar-refractivity contribution >= 4 is 35.1 Å². The van der Waals surface area contributed by atoms with Crippen molar-refractivity contribution < 1.29 is 4.39 Å². The molecule has 2 rings (SSSR count). The average Bonchev–Trinajstić information content (AvgIpc) is 2.46. The zero-order valence-corrected chi connectivity index (χ0v) is 14.1. The lowest BCUT2D eigenvalue weighted by molar-refractivity contribution is 0.505. The average molecular weight is 334 g/mol. The molecule has 1 heterocycles. The summed E-state index contributed by atoms with van der Waals surface area (Å²) < 4.78 is 13.1. The van der Waals surface area contributed by atoms with Crippen LogP contribution >= 0.6 is 35.1 Å². The number of thioether (sulfide) groups is 2. The van der Waals surface area contributed by atoms with Gasteiger partial charge in [0.1, 0.15) is 5.82 Å². The normalized spacial score (nSPS) is 20.9. The maximum Gasteiger partial charge on any atom is 0.124 e. The lowest BCUT2D eigenvalue weighted by Crippen LogP contribution is -2.43. The van der Waals surface area contributed by atoms with E-state index in [2.05, 4.69) is 12.2 Å². The first-order chi connectivity index (χ1) is 9.70. The van der Waals surface area contributed by atoms with E-state index in [1.54, 1.807) is 0 Å². The molecule has 1 N–H and O–H groups in total. The lowest BCUT2D eigenvalue weighted by atomic mass is 10.0. The summed E-state index contributed by atoms with van der Waals surface area (Å²) in [5, 5.41) is 4.80. The van der Waals surface area contributed by atoms with Gasteiger partial charge in [-0.05, 0) is 37.1 Å². The van der Waals surface area contributed by atoms with Gasteiger partial charge < -0.3 is 5.32 Å². The summed E-state index contributed by atoms with van der Waals surface area (Å²) in [4.78, 5) is 0. The van der Waals surface area contributed by atoms with E-state index in [9.17, 15) is 4.39 Å². The summed E-state index contributed by atoms with van der Waals surface area (Å²) in [7, 11) is 0. The Kier molecular flexibility index (Phi) is 7.02. The largest absolute Gasteiger partial charge is 0.313 e. The van der Waals surface area contributed by atoms with Crippen LogP contribution < -0.4 is 5.32 Å². The van der Waals surface area contributed by atoms with Crippen molar-refractivity contribution in [2.45, 2.75) is 31.1 Å². The Labute approximate surface area is 134 Å². The van der Waals surface area contributed by atoms with Crippen molar-refractivity contribution in [1.29, 1.82) is 0 Å². The number of hydrogen-bond donors (Lipinski definition) is 1. The van der Waals surface area contributed by atoms with Gasteiger partial charge >= 0.3 is 0 Å². The summed E-state index contributed by atoms with van der Waals surface area (Å²) in [6.45, 7) is 3.20. The highest BCUT2D eigenvalue weighted by Gasteiger charge is 2.25. The molecule has 0 bridgehead atoms. The minimum absolute atomic E-state index is 0.264. The Morgan fingerprint density at radius 2 is 2.30 bits per heavy atom. The SMILES string of the molecule is CCCNC(Cc1ccc(F)cc1Cl)C1CSCCS1. The van der Waals surface area contributed by atoms with Gasteiger partial charge in [0.2, 0.25) is 0 Å². The number of nitrogens with one attached hydrogen (secondary N) is 1. The van der Waals surface area contributed by atoms with Gasteiger partial charge in [0.15, 0.2) is 0 Å². The topological polar surface area (TPSA) is 12.0 Å². The van der Waals surface area contributed by atoms with Crippen molar-refractivity contribution in [1.82, 2.24) is 5.32 Å². The van der Waals surface area contributed by atoms with Crippen molar-refractivity contribution in [2.24, 2.45) is 0 Å². The van der Waals surface area contributed by atoms with Crippen LogP contribution in [0.3, 0.4) is 0 Å². The molecular formula is C15H21ClFNS2. The van der Waals surface area contributed by atoms with E-state index in [-0.39, 0.29) is 5.82 Å². The van der Waals surface area contributed by atoms with Crippen LogP contribution in [0.25, 0.3) is 0 Å². The molecule has 0 aliphatic carbocycles. The molecule has 1 aromatic carbocycles. The van der Waals surface area contributed by atoms with Crippen molar-refractivity contribution in [3.8, 4) is 0 Å². The summed E-state index contributed by atoms with van der Waals surface area (Å²) >= 11 is 10.2. The van der Waals surface area contributed by atoms with Crippen molar-refractivity contribution in [2.75, 3.05) is 23.8 Å². The molecule has 2 unspecified atom stereocenters. The minimum atomic E-state index is -0.264. The van der Waals surface area contributed by atoms with Gasteiger partial charge in [-0.3, -0.25) is 0 Å². The van der Waals surface area contributed by atoms with E-state index in [1.165, 1.54) is 29.4 Å². The van der Waals surface area contributed by atoms with Gasteiger partial charge in [0.05, 0.1) is 0 Å². The summed E-state index contributed by atoms with van der Waals surface area (Å²) in [6, 6.07) is 5.15. The van der Waals surface area contributed by atoms with E-state index in [0.717, 1.165) is 24.9 Å². The summed E-state index contributed by atoms with van der Waals surface area (Å²) in [5.41, 5.74) is 1.04. The Morgan fingerprint density at radius 3 is 2.95 bits per heavy atom. The van der Waals surface area contributed by atoms with Crippen molar-refractivity contribution in [3.05, 3.63) is 34.6 Å². The van der Waals surface area contributed by atoms with Crippen LogP contribution in [0, 0.1) is 5.82 Å². The van der Waals surface area contributed by atoms with Gasteiger partial charge in [-0.1, -0.05) is 24.6 Å². The van der Waals surface area contributed by atoms with E-state index < -0.39 is 0 Å².